The Balaban J connectivity index is 1.07. The first-order chi connectivity index (χ1) is 21.5. The molecule has 3 aliphatic rings. The van der Waals surface area contributed by atoms with Gasteiger partial charge in [-0.2, -0.15) is 12.7 Å². The van der Waals surface area contributed by atoms with E-state index in [1.807, 2.05) is 30.3 Å². The van der Waals surface area contributed by atoms with Crippen molar-refractivity contribution in [1.29, 1.82) is 0 Å². The molecule has 0 radical (unpaired) electrons. The topological polar surface area (TPSA) is 129 Å². The molecular weight excluding hydrogens is 628 g/mol. The molecule has 2 saturated carbocycles. The molecule has 14 heteroatoms. The van der Waals surface area contributed by atoms with Crippen LogP contribution in [0.4, 0.5) is 20.2 Å². The molecule has 1 amide bonds. The highest BCUT2D eigenvalue weighted by molar-refractivity contribution is 7.90. The van der Waals surface area contributed by atoms with E-state index in [9.17, 15) is 27.1 Å². The Morgan fingerprint density at radius 3 is 2.53 bits per heavy atom. The number of aliphatic hydroxyl groups is 1. The van der Waals surface area contributed by atoms with E-state index in [1.165, 1.54) is 21.0 Å². The fourth-order valence-corrected chi connectivity index (χ4v) is 9.55. The van der Waals surface area contributed by atoms with Gasteiger partial charge in [-0.15, -0.1) is 0 Å². The molecule has 1 spiro atoms. The van der Waals surface area contributed by atoms with Gasteiger partial charge >= 0.3 is 10.2 Å². The molecule has 0 bridgehead atoms. The minimum absolute atomic E-state index is 0.00893. The molecule has 3 N–H and O–H groups in total. The van der Waals surface area contributed by atoms with Crippen molar-refractivity contribution < 1.29 is 31.6 Å². The zero-order valence-corrected chi connectivity index (χ0v) is 24.8. The number of carbonyl (C=O) groups excluding carboxylic acids is 1. The van der Waals surface area contributed by atoms with Gasteiger partial charge in [0.25, 0.3) is 5.91 Å². The number of nitrogens with one attached hydrogen (secondary N) is 2. The van der Waals surface area contributed by atoms with Crippen LogP contribution >= 0.6 is 11.6 Å². The summed E-state index contributed by atoms with van der Waals surface area (Å²) in [4.78, 5) is 13.3. The van der Waals surface area contributed by atoms with Crippen molar-refractivity contribution in [3.05, 3.63) is 107 Å². The van der Waals surface area contributed by atoms with Crippen molar-refractivity contribution >= 4 is 44.6 Å². The summed E-state index contributed by atoms with van der Waals surface area (Å²) in [5, 5.41) is 18.3. The molecule has 3 fully saturated rings. The SMILES string of the molecule is O=C(Nc1ccc(F)c(F)c1)c1c(Cl)c(NS(=O)(=O)N2C3CCC34C2C[C@]4(O)c2cc(-c3ccccc3)on2)c2ccccn12. The third-order valence-corrected chi connectivity index (χ3v) is 11.5. The van der Waals surface area contributed by atoms with Crippen LogP contribution < -0.4 is 10.0 Å². The Morgan fingerprint density at radius 2 is 1.82 bits per heavy atom. The fraction of sp³-hybridized carbons (Fsp3) is 0.226. The number of aromatic nitrogens is 2. The highest BCUT2D eigenvalue weighted by atomic mass is 35.5. The number of fused-ring (bicyclic) bond motifs is 1. The number of hydrogen-bond donors (Lipinski definition) is 3. The predicted molar refractivity (Wildman–Crippen MR) is 161 cm³/mol. The molecule has 2 aliphatic carbocycles. The van der Waals surface area contributed by atoms with E-state index < -0.39 is 50.9 Å². The van der Waals surface area contributed by atoms with Crippen LogP contribution in [0.25, 0.3) is 16.8 Å². The van der Waals surface area contributed by atoms with E-state index in [4.69, 9.17) is 16.1 Å². The lowest BCUT2D eigenvalue weighted by molar-refractivity contribution is -0.351. The number of halogens is 3. The van der Waals surface area contributed by atoms with Gasteiger partial charge in [0, 0.05) is 53.5 Å². The molecule has 2 aromatic carbocycles. The molecule has 4 heterocycles. The molecule has 230 valence electrons. The van der Waals surface area contributed by atoms with Crippen molar-refractivity contribution in [2.45, 2.75) is 36.9 Å². The predicted octanol–water partition coefficient (Wildman–Crippen LogP) is 5.56. The fourth-order valence-electron chi connectivity index (χ4n) is 7.38. The lowest BCUT2D eigenvalue weighted by Crippen LogP contribution is -2.91. The average Bonchev–Trinajstić information content (AvgIpc) is 3.60. The van der Waals surface area contributed by atoms with Crippen molar-refractivity contribution in [2.24, 2.45) is 5.41 Å². The molecule has 1 aliphatic heterocycles. The minimum Gasteiger partial charge on any atom is -0.383 e. The summed E-state index contributed by atoms with van der Waals surface area (Å²) in [5.41, 5.74) is -0.643. The molecule has 45 heavy (non-hydrogen) atoms. The van der Waals surface area contributed by atoms with Crippen molar-refractivity contribution in [2.75, 3.05) is 10.0 Å². The van der Waals surface area contributed by atoms with Gasteiger partial charge in [-0.1, -0.05) is 53.2 Å². The van der Waals surface area contributed by atoms with Crippen LogP contribution in [0.3, 0.4) is 0 Å². The van der Waals surface area contributed by atoms with Crippen LogP contribution in [0.5, 0.6) is 0 Å². The van der Waals surface area contributed by atoms with Crippen LogP contribution in [-0.4, -0.2) is 45.4 Å². The first-order valence-corrected chi connectivity index (χ1v) is 16.0. The summed E-state index contributed by atoms with van der Waals surface area (Å²) in [6, 6.07) is 17.9. The Labute approximate surface area is 260 Å². The monoisotopic (exact) mass is 651 g/mol. The summed E-state index contributed by atoms with van der Waals surface area (Å²) in [6.45, 7) is 0. The lowest BCUT2D eigenvalue weighted by Gasteiger charge is -2.80. The number of benzene rings is 2. The van der Waals surface area contributed by atoms with Crippen LogP contribution in [0.2, 0.25) is 5.02 Å². The number of nitrogens with zero attached hydrogens (tertiary/aromatic N) is 3. The van der Waals surface area contributed by atoms with Gasteiger partial charge in [-0.05, 0) is 37.1 Å². The smallest absolute Gasteiger partial charge is 0.302 e. The van der Waals surface area contributed by atoms with E-state index in [1.54, 1.807) is 24.3 Å². The van der Waals surface area contributed by atoms with Gasteiger partial charge in [0.05, 0.1) is 16.2 Å². The van der Waals surface area contributed by atoms with Crippen molar-refractivity contribution in [3.8, 4) is 11.3 Å². The normalized spacial score (nSPS) is 25.4. The number of rotatable bonds is 7. The number of amides is 1. The van der Waals surface area contributed by atoms with Gasteiger partial charge in [0.15, 0.2) is 17.4 Å². The quantitative estimate of drug-likeness (QED) is 0.211. The second kappa shape index (κ2) is 9.60. The number of piperidine rings is 2. The van der Waals surface area contributed by atoms with E-state index >= 15 is 0 Å². The van der Waals surface area contributed by atoms with Gasteiger partial charge < -0.3 is 19.3 Å². The van der Waals surface area contributed by atoms with E-state index in [2.05, 4.69) is 15.2 Å². The summed E-state index contributed by atoms with van der Waals surface area (Å²) >= 11 is 6.66. The third-order valence-electron chi connectivity index (χ3n) is 9.57. The van der Waals surface area contributed by atoms with Gasteiger partial charge in [-0.25, -0.2) is 8.78 Å². The lowest BCUT2D eigenvalue weighted by atomic mass is 9.36. The minimum atomic E-state index is -4.20. The molecular formula is C31H24ClF2N5O5S. The highest BCUT2D eigenvalue weighted by Crippen LogP contribution is 2.76. The standard InChI is InChI=1S/C31H24ClF2N5O5S/c32-26-27(21-8-4-5-13-38(21)28(26)29(40)35-18-9-10-19(33)20(34)14-18)37-45(42,43)39-24-11-12-30(24)25(39)16-31(30,41)23-15-22(44-36-23)17-6-2-1-3-7-17/h1-10,13-15,24-25,37,41H,11-12,16H2,(H,35,40)/t24?,25?,30?,31-/m0/s1. The van der Waals surface area contributed by atoms with E-state index in [0.717, 1.165) is 17.7 Å². The summed E-state index contributed by atoms with van der Waals surface area (Å²) in [6.07, 6.45) is 2.85. The van der Waals surface area contributed by atoms with Gasteiger partial charge in [0.1, 0.15) is 17.0 Å². The molecule has 1 saturated heterocycles. The van der Waals surface area contributed by atoms with Crippen molar-refractivity contribution in [1.82, 2.24) is 13.9 Å². The van der Waals surface area contributed by atoms with Crippen LogP contribution in [0.15, 0.2) is 83.5 Å². The first-order valence-electron chi connectivity index (χ1n) is 14.2. The highest BCUT2D eigenvalue weighted by Gasteiger charge is 2.84. The summed E-state index contributed by atoms with van der Waals surface area (Å²) < 4.78 is 65.8. The Bertz CT molecular complexity index is 2130. The van der Waals surface area contributed by atoms with Crippen LogP contribution in [-0.2, 0) is 15.8 Å². The molecule has 8 rings (SSSR count). The molecule has 3 unspecified atom stereocenters. The second-order valence-electron chi connectivity index (χ2n) is 11.6. The summed E-state index contributed by atoms with van der Waals surface area (Å²) in [5.74, 6) is -2.46. The number of hydrogen-bond acceptors (Lipinski definition) is 6. The zero-order chi connectivity index (χ0) is 31.3. The maximum absolute atomic E-state index is 13.9. The molecule has 4 atom stereocenters. The molecule has 10 nitrogen and oxygen atoms in total. The Kier molecular flexibility index (Phi) is 6.01. The van der Waals surface area contributed by atoms with Gasteiger partial charge in [0.2, 0.25) is 0 Å². The maximum Gasteiger partial charge on any atom is 0.302 e. The molecule has 3 aromatic heterocycles. The number of anilines is 2. The largest absolute Gasteiger partial charge is 0.383 e. The second-order valence-corrected chi connectivity index (χ2v) is 13.6. The number of pyridine rings is 1. The third kappa shape index (κ3) is 3.81. The summed E-state index contributed by atoms with van der Waals surface area (Å²) in [7, 11) is -4.20. The van der Waals surface area contributed by atoms with Crippen molar-refractivity contribution in [3.63, 3.8) is 0 Å². The van der Waals surface area contributed by atoms with Gasteiger partial charge in [-0.3, -0.25) is 9.52 Å². The van der Waals surface area contributed by atoms with E-state index in [-0.39, 0.29) is 28.5 Å². The Morgan fingerprint density at radius 1 is 1.04 bits per heavy atom. The Hall–Kier alpha value is -4.30. The molecule has 5 aromatic rings. The van der Waals surface area contributed by atoms with E-state index in [0.29, 0.717) is 29.8 Å². The zero-order valence-electron chi connectivity index (χ0n) is 23.2. The maximum atomic E-state index is 13.9. The average molecular weight is 652 g/mol. The number of carbonyl (C=O) groups is 1. The van der Waals surface area contributed by atoms with Crippen LogP contribution in [0.1, 0.15) is 35.4 Å². The first kappa shape index (κ1) is 28.2. The van der Waals surface area contributed by atoms with Crippen LogP contribution in [0, 0.1) is 17.0 Å².